The molecule has 0 amide bonds. The number of fused-ring (bicyclic) bond motifs is 1. The third-order valence-electron chi connectivity index (χ3n) is 5.39. The molecular formula is C29H18O7. The Kier molecular flexibility index (Phi) is 6.03. The van der Waals surface area contributed by atoms with Gasteiger partial charge in [0.25, 0.3) is 0 Å². The van der Waals surface area contributed by atoms with E-state index in [1.165, 1.54) is 24.3 Å². The average molecular weight is 478 g/mol. The molecule has 0 atom stereocenters. The number of hydrogen-bond acceptors (Lipinski definition) is 7. The first kappa shape index (κ1) is 22.6. The molecule has 0 aliphatic heterocycles. The van der Waals surface area contributed by atoms with E-state index < -0.39 is 28.9 Å². The number of esters is 2. The molecule has 0 unspecified atom stereocenters. The van der Waals surface area contributed by atoms with Crippen LogP contribution in [0.15, 0.2) is 112 Å². The zero-order valence-electron chi connectivity index (χ0n) is 18.7. The highest BCUT2D eigenvalue weighted by atomic mass is 16.6. The van der Waals surface area contributed by atoms with Crippen LogP contribution in [0.2, 0.25) is 0 Å². The minimum absolute atomic E-state index is 0.0470. The summed E-state index contributed by atoms with van der Waals surface area (Å²) in [6.07, 6.45) is 0. The number of aromatic hydroxyl groups is 1. The molecule has 1 heterocycles. The Labute approximate surface area is 204 Å². The zero-order chi connectivity index (χ0) is 25.1. The lowest BCUT2D eigenvalue weighted by molar-refractivity contribution is 0.0679. The van der Waals surface area contributed by atoms with Gasteiger partial charge in [0, 0.05) is 17.7 Å². The monoisotopic (exact) mass is 478 g/mol. The van der Waals surface area contributed by atoms with Crippen molar-refractivity contribution >= 4 is 22.9 Å². The van der Waals surface area contributed by atoms with Crippen LogP contribution in [0, 0.1) is 0 Å². The minimum atomic E-state index is -0.812. The first-order valence-corrected chi connectivity index (χ1v) is 10.9. The summed E-state index contributed by atoms with van der Waals surface area (Å²) in [5.74, 6) is -2.75. The van der Waals surface area contributed by atoms with Gasteiger partial charge in [0.05, 0.1) is 11.1 Å². The van der Waals surface area contributed by atoms with E-state index in [9.17, 15) is 19.5 Å². The number of hydrogen-bond donors (Lipinski definition) is 1. The number of ether oxygens (including phenoxy) is 2. The van der Waals surface area contributed by atoms with E-state index in [0.29, 0.717) is 5.56 Å². The van der Waals surface area contributed by atoms with E-state index in [2.05, 4.69) is 0 Å². The van der Waals surface area contributed by atoms with Crippen molar-refractivity contribution in [1.29, 1.82) is 0 Å². The predicted octanol–water partition coefficient (Wildman–Crippen LogP) is 5.60. The molecule has 0 saturated carbocycles. The summed E-state index contributed by atoms with van der Waals surface area (Å²) in [6.45, 7) is 0. The lowest BCUT2D eigenvalue weighted by Gasteiger charge is -2.14. The van der Waals surface area contributed by atoms with Gasteiger partial charge in [-0.05, 0) is 24.3 Å². The largest absolute Gasteiger partial charge is 0.504 e. The molecule has 5 aromatic rings. The SMILES string of the molecule is O=C(Oc1cc2oc(-c3ccccc3)cc(=O)c2c(O)c1OC(=O)c1ccccc1)c1ccccc1. The van der Waals surface area contributed by atoms with Crippen molar-refractivity contribution in [1.82, 2.24) is 0 Å². The first-order valence-electron chi connectivity index (χ1n) is 10.9. The zero-order valence-corrected chi connectivity index (χ0v) is 18.7. The van der Waals surface area contributed by atoms with Crippen LogP contribution < -0.4 is 14.9 Å². The Balaban J connectivity index is 1.65. The molecule has 5 rings (SSSR count). The van der Waals surface area contributed by atoms with Crippen molar-refractivity contribution in [3.05, 3.63) is 124 Å². The van der Waals surface area contributed by atoms with E-state index in [1.54, 1.807) is 72.8 Å². The second-order valence-corrected chi connectivity index (χ2v) is 7.78. The van der Waals surface area contributed by atoms with Crippen molar-refractivity contribution in [3.8, 4) is 28.6 Å². The van der Waals surface area contributed by atoms with Gasteiger partial charge in [-0.1, -0.05) is 66.7 Å². The number of phenolic OH excluding ortho intramolecular Hbond substituents is 1. The fraction of sp³-hybridized carbons (Fsp3) is 0. The second-order valence-electron chi connectivity index (χ2n) is 7.78. The standard InChI is InChI=1S/C29H18O7/c30-21-16-22(18-10-4-1-5-11-18)34-23-17-24(35-28(32)19-12-6-2-7-13-19)27(26(31)25(21)23)36-29(33)20-14-8-3-9-15-20/h1-17,31H. The molecule has 0 radical (unpaired) electrons. The molecule has 7 heteroatoms. The summed E-state index contributed by atoms with van der Waals surface area (Å²) in [5.41, 5.74) is 0.457. The van der Waals surface area contributed by atoms with Gasteiger partial charge in [-0.2, -0.15) is 0 Å². The minimum Gasteiger partial charge on any atom is -0.504 e. The van der Waals surface area contributed by atoms with E-state index >= 15 is 0 Å². The van der Waals surface area contributed by atoms with E-state index in [4.69, 9.17) is 13.9 Å². The summed E-state index contributed by atoms with van der Waals surface area (Å²) in [7, 11) is 0. The fourth-order valence-corrected chi connectivity index (χ4v) is 3.64. The molecule has 7 nitrogen and oxygen atoms in total. The highest BCUT2D eigenvalue weighted by Gasteiger charge is 2.25. The van der Waals surface area contributed by atoms with E-state index in [-0.39, 0.29) is 33.6 Å². The Morgan fingerprint density at radius 1 is 0.694 bits per heavy atom. The van der Waals surface area contributed by atoms with Crippen molar-refractivity contribution in [2.45, 2.75) is 0 Å². The van der Waals surface area contributed by atoms with Crippen LogP contribution in [-0.2, 0) is 0 Å². The number of phenols is 1. The molecular weight excluding hydrogens is 460 g/mol. The maximum Gasteiger partial charge on any atom is 0.343 e. The van der Waals surface area contributed by atoms with Crippen LogP contribution >= 0.6 is 0 Å². The second kappa shape index (κ2) is 9.60. The van der Waals surface area contributed by atoms with Crippen LogP contribution in [0.1, 0.15) is 20.7 Å². The summed E-state index contributed by atoms with van der Waals surface area (Å²) in [4.78, 5) is 38.5. The Morgan fingerprint density at radius 3 is 1.81 bits per heavy atom. The van der Waals surface area contributed by atoms with E-state index in [0.717, 1.165) is 0 Å². The average Bonchev–Trinajstić information content (AvgIpc) is 2.91. The van der Waals surface area contributed by atoms with Gasteiger partial charge < -0.3 is 19.0 Å². The number of carbonyl (C=O) groups is 2. The lowest BCUT2D eigenvalue weighted by atomic mass is 10.1. The molecule has 1 N–H and O–H groups in total. The molecule has 0 aliphatic rings. The highest BCUT2D eigenvalue weighted by molar-refractivity contribution is 5.97. The fourth-order valence-electron chi connectivity index (χ4n) is 3.64. The van der Waals surface area contributed by atoms with Gasteiger partial charge >= 0.3 is 11.9 Å². The maximum atomic E-state index is 13.0. The van der Waals surface area contributed by atoms with Gasteiger partial charge in [-0.25, -0.2) is 9.59 Å². The van der Waals surface area contributed by atoms with Gasteiger partial charge in [0.15, 0.2) is 16.9 Å². The number of carbonyl (C=O) groups excluding carboxylic acids is 2. The Bertz CT molecular complexity index is 1620. The summed E-state index contributed by atoms with van der Waals surface area (Å²) >= 11 is 0. The number of benzene rings is 4. The highest BCUT2D eigenvalue weighted by Crippen LogP contribution is 2.43. The van der Waals surface area contributed by atoms with Gasteiger partial charge in [0.1, 0.15) is 16.7 Å². The quantitative estimate of drug-likeness (QED) is 0.259. The van der Waals surface area contributed by atoms with Crippen LogP contribution in [-0.4, -0.2) is 17.0 Å². The molecule has 0 spiro atoms. The normalized spacial score (nSPS) is 10.7. The topological polar surface area (TPSA) is 103 Å². The predicted molar refractivity (Wildman–Crippen MR) is 132 cm³/mol. The van der Waals surface area contributed by atoms with Gasteiger partial charge in [-0.15, -0.1) is 0 Å². The van der Waals surface area contributed by atoms with Crippen LogP contribution in [0.25, 0.3) is 22.3 Å². The lowest BCUT2D eigenvalue weighted by Crippen LogP contribution is -2.13. The maximum absolute atomic E-state index is 13.0. The van der Waals surface area contributed by atoms with Gasteiger partial charge in [-0.3, -0.25) is 4.79 Å². The summed E-state index contributed by atoms with van der Waals surface area (Å²) in [5, 5.41) is 10.8. The third-order valence-corrected chi connectivity index (χ3v) is 5.39. The molecule has 0 fully saturated rings. The Hall–Kier alpha value is -5.17. The third kappa shape index (κ3) is 4.45. The van der Waals surface area contributed by atoms with Crippen LogP contribution in [0.4, 0.5) is 0 Å². The van der Waals surface area contributed by atoms with Crippen molar-refractivity contribution < 1.29 is 28.6 Å². The van der Waals surface area contributed by atoms with Gasteiger partial charge in [0.2, 0.25) is 5.75 Å². The molecule has 0 bridgehead atoms. The number of rotatable bonds is 5. The van der Waals surface area contributed by atoms with Crippen molar-refractivity contribution in [2.24, 2.45) is 0 Å². The van der Waals surface area contributed by atoms with Crippen LogP contribution in [0.5, 0.6) is 17.2 Å². The molecule has 176 valence electrons. The first-order chi connectivity index (χ1) is 17.5. The molecule has 0 aliphatic carbocycles. The van der Waals surface area contributed by atoms with Crippen molar-refractivity contribution in [2.75, 3.05) is 0 Å². The van der Waals surface area contributed by atoms with Crippen molar-refractivity contribution in [3.63, 3.8) is 0 Å². The smallest absolute Gasteiger partial charge is 0.343 e. The molecule has 36 heavy (non-hydrogen) atoms. The molecule has 1 aromatic heterocycles. The summed E-state index contributed by atoms with van der Waals surface area (Å²) in [6, 6.07) is 27.6. The van der Waals surface area contributed by atoms with E-state index in [1.807, 2.05) is 6.07 Å². The Morgan fingerprint density at radius 2 is 1.22 bits per heavy atom. The molecule has 4 aromatic carbocycles. The van der Waals surface area contributed by atoms with Crippen LogP contribution in [0.3, 0.4) is 0 Å². The summed E-state index contributed by atoms with van der Waals surface area (Å²) < 4.78 is 16.8. The molecule has 0 saturated heterocycles.